The van der Waals surface area contributed by atoms with Gasteiger partial charge in [0.25, 0.3) is 0 Å². The van der Waals surface area contributed by atoms with Crippen LogP contribution in [0.25, 0.3) is 0 Å². The first kappa shape index (κ1) is 35.0. The van der Waals surface area contributed by atoms with Crippen molar-refractivity contribution in [1.29, 1.82) is 0 Å². The predicted molar refractivity (Wildman–Crippen MR) is 164 cm³/mol. The molecule has 1 aromatic heterocycles. The molecule has 3 fully saturated rings. The van der Waals surface area contributed by atoms with Crippen LogP contribution in [0.5, 0.6) is 0 Å². The quantitative estimate of drug-likeness (QED) is 0.265. The summed E-state index contributed by atoms with van der Waals surface area (Å²) in [5, 5.41) is 0. The van der Waals surface area contributed by atoms with Crippen LogP contribution in [0.1, 0.15) is 88.3 Å². The third-order valence-corrected chi connectivity index (χ3v) is 9.55. The van der Waals surface area contributed by atoms with Crippen LogP contribution in [0.4, 0.5) is 42.8 Å². The van der Waals surface area contributed by atoms with Crippen molar-refractivity contribution >= 4 is 17.7 Å². The molecular weight excluding hydrogens is 628 g/mol. The number of nitrogens with zero attached hydrogens (tertiary/aromatic N) is 5. The maximum atomic E-state index is 13.8. The summed E-state index contributed by atoms with van der Waals surface area (Å²) < 4.78 is 94.1. The summed E-state index contributed by atoms with van der Waals surface area (Å²) in [5.74, 6) is 0.195. The SMILES string of the molecule is CC[C@@H]1C[C@H](N(Cc2cc(C(F)(F)F)cc(C(F)(F)F)c2)c2ncc(N3CCOCC3)cn2)C[C@H](CC)N1C(=O)OC1CCCCC1. The smallest absolute Gasteiger partial charge is 0.416 e. The fraction of sp³-hybridized carbons (Fsp3) is 0.667. The number of amides is 1. The molecule has 0 bridgehead atoms. The molecule has 0 radical (unpaired) electrons. The zero-order chi connectivity index (χ0) is 33.8. The number of rotatable bonds is 8. The van der Waals surface area contributed by atoms with Gasteiger partial charge >= 0.3 is 18.4 Å². The van der Waals surface area contributed by atoms with Gasteiger partial charge in [-0.3, -0.25) is 0 Å². The van der Waals surface area contributed by atoms with Gasteiger partial charge in [0.2, 0.25) is 5.95 Å². The number of halogens is 6. The van der Waals surface area contributed by atoms with Gasteiger partial charge in [0.05, 0.1) is 42.4 Å². The summed E-state index contributed by atoms with van der Waals surface area (Å²) in [6.07, 6.45) is -0.327. The Kier molecular flexibility index (Phi) is 11.1. The van der Waals surface area contributed by atoms with E-state index in [0.29, 0.717) is 52.0 Å². The van der Waals surface area contributed by atoms with Crippen LogP contribution in [-0.4, -0.2) is 71.5 Å². The summed E-state index contributed by atoms with van der Waals surface area (Å²) in [4.78, 5) is 28.3. The monoisotopic (exact) mass is 671 g/mol. The number of carbonyl (C=O) groups is 1. The number of hydrogen-bond donors (Lipinski definition) is 0. The maximum Gasteiger partial charge on any atom is 0.416 e. The van der Waals surface area contributed by atoms with Gasteiger partial charge in [0.15, 0.2) is 0 Å². The second kappa shape index (κ2) is 14.9. The molecule has 0 spiro atoms. The Bertz CT molecular complexity index is 1280. The lowest BCUT2D eigenvalue weighted by Crippen LogP contribution is -2.57. The van der Waals surface area contributed by atoms with Gasteiger partial charge < -0.3 is 24.2 Å². The Morgan fingerprint density at radius 1 is 0.894 bits per heavy atom. The molecule has 0 N–H and O–H groups in total. The molecule has 1 aromatic carbocycles. The zero-order valence-corrected chi connectivity index (χ0v) is 26.8. The van der Waals surface area contributed by atoms with Crippen LogP contribution in [0, 0.1) is 0 Å². The standard InChI is InChI=1S/C33H43F6N5O3/c1-3-25-17-27(18-26(4-2)44(25)31(45)47-29-8-6-5-7-9-29)43(30-40-19-28(20-41-30)42-10-12-46-13-11-42)21-22-14-23(32(34,35)36)16-24(15-22)33(37,38)39/h14-16,19-20,25-27,29H,3-13,17-18,21H2,1-2H3/t25-,26+,27+. The minimum absolute atomic E-state index is 0.123. The average Bonchev–Trinajstić information content (AvgIpc) is 3.06. The number of benzene rings is 1. The molecule has 2 aliphatic heterocycles. The average molecular weight is 672 g/mol. The summed E-state index contributed by atoms with van der Waals surface area (Å²) >= 11 is 0. The Balaban J connectivity index is 1.47. The van der Waals surface area contributed by atoms with E-state index in [0.717, 1.165) is 49.9 Å². The summed E-state index contributed by atoms with van der Waals surface area (Å²) in [7, 11) is 0. The highest BCUT2D eigenvalue weighted by Crippen LogP contribution is 2.38. The van der Waals surface area contributed by atoms with Crippen molar-refractivity contribution in [3.8, 4) is 0 Å². The Labute approximate surface area is 271 Å². The molecule has 2 aromatic rings. The topological polar surface area (TPSA) is 71.0 Å². The van der Waals surface area contributed by atoms with Gasteiger partial charge in [0, 0.05) is 37.8 Å². The van der Waals surface area contributed by atoms with Crippen molar-refractivity contribution in [2.75, 3.05) is 36.1 Å². The number of morpholine rings is 1. The summed E-state index contributed by atoms with van der Waals surface area (Å²) in [5.41, 5.74) is -2.16. The van der Waals surface area contributed by atoms with Crippen molar-refractivity contribution in [2.45, 2.75) is 115 Å². The largest absolute Gasteiger partial charge is 0.446 e. The minimum Gasteiger partial charge on any atom is -0.446 e. The maximum absolute atomic E-state index is 13.8. The molecule has 8 nitrogen and oxygen atoms in total. The first-order valence-electron chi connectivity index (χ1n) is 16.6. The van der Waals surface area contributed by atoms with E-state index < -0.39 is 23.5 Å². The molecule has 14 heteroatoms. The summed E-state index contributed by atoms with van der Waals surface area (Å²) in [6, 6.07) is 0.777. The third kappa shape index (κ3) is 8.60. The van der Waals surface area contributed by atoms with E-state index in [2.05, 4.69) is 14.9 Å². The number of alkyl halides is 6. The predicted octanol–water partition coefficient (Wildman–Crippen LogP) is 7.85. The molecule has 3 heterocycles. The molecule has 47 heavy (non-hydrogen) atoms. The van der Waals surface area contributed by atoms with Crippen LogP contribution in [0.2, 0.25) is 0 Å². The van der Waals surface area contributed by atoms with Crippen LogP contribution < -0.4 is 9.80 Å². The number of aromatic nitrogens is 2. The van der Waals surface area contributed by atoms with Gasteiger partial charge in [-0.25, -0.2) is 14.8 Å². The molecule has 1 saturated carbocycles. The number of likely N-dealkylation sites (tertiary alicyclic amines) is 1. The van der Waals surface area contributed by atoms with Crippen LogP contribution in [0.3, 0.4) is 0 Å². The minimum atomic E-state index is -4.97. The number of carbonyl (C=O) groups excluding carboxylic acids is 1. The molecule has 260 valence electrons. The van der Waals surface area contributed by atoms with E-state index in [1.54, 1.807) is 22.2 Å². The van der Waals surface area contributed by atoms with E-state index in [-0.39, 0.29) is 54.4 Å². The highest BCUT2D eigenvalue weighted by molar-refractivity contribution is 5.69. The molecule has 2 saturated heterocycles. The molecule has 3 aliphatic rings. The second-order valence-electron chi connectivity index (χ2n) is 12.7. The molecule has 5 rings (SSSR count). The Morgan fingerprint density at radius 3 is 1.96 bits per heavy atom. The van der Waals surface area contributed by atoms with Gasteiger partial charge in [-0.05, 0) is 75.1 Å². The third-order valence-electron chi connectivity index (χ3n) is 9.55. The van der Waals surface area contributed by atoms with Crippen LogP contribution in [-0.2, 0) is 28.4 Å². The fourth-order valence-electron chi connectivity index (χ4n) is 7.03. The number of anilines is 2. The molecular formula is C33H43F6N5O3. The van der Waals surface area contributed by atoms with E-state index in [1.165, 1.54) is 0 Å². The van der Waals surface area contributed by atoms with Gasteiger partial charge in [-0.2, -0.15) is 26.3 Å². The second-order valence-corrected chi connectivity index (χ2v) is 12.7. The number of ether oxygens (including phenoxy) is 2. The number of piperidine rings is 1. The van der Waals surface area contributed by atoms with Gasteiger partial charge in [-0.1, -0.05) is 20.3 Å². The summed E-state index contributed by atoms with van der Waals surface area (Å²) in [6.45, 7) is 6.01. The van der Waals surface area contributed by atoms with Crippen molar-refractivity contribution in [3.63, 3.8) is 0 Å². The van der Waals surface area contributed by atoms with Gasteiger partial charge in [-0.15, -0.1) is 0 Å². The van der Waals surface area contributed by atoms with Crippen LogP contribution >= 0.6 is 0 Å². The zero-order valence-electron chi connectivity index (χ0n) is 26.8. The highest BCUT2D eigenvalue weighted by atomic mass is 19.4. The Hall–Kier alpha value is -3.29. The lowest BCUT2D eigenvalue weighted by molar-refractivity contribution is -0.143. The van der Waals surface area contributed by atoms with E-state index >= 15 is 0 Å². The van der Waals surface area contributed by atoms with Crippen molar-refractivity contribution in [3.05, 3.63) is 47.3 Å². The van der Waals surface area contributed by atoms with Crippen molar-refractivity contribution in [2.24, 2.45) is 0 Å². The molecule has 1 aliphatic carbocycles. The fourth-order valence-corrected chi connectivity index (χ4v) is 7.03. The van der Waals surface area contributed by atoms with Gasteiger partial charge in [0.1, 0.15) is 6.10 Å². The first-order valence-corrected chi connectivity index (χ1v) is 16.6. The Morgan fingerprint density at radius 2 is 1.45 bits per heavy atom. The number of hydrogen-bond acceptors (Lipinski definition) is 7. The van der Waals surface area contributed by atoms with E-state index in [4.69, 9.17) is 9.47 Å². The van der Waals surface area contributed by atoms with E-state index in [1.807, 2.05) is 13.8 Å². The first-order chi connectivity index (χ1) is 22.4. The van der Waals surface area contributed by atoms with E-state index in [9.17, 15) is 31.1 Å². The normalized spacial score (nSPS) is 23.1. The van der Waals surface area contributed by atoms with Crippen molar-refractivity contribution in [1.82, 2.24) is 14.9 Å². The highest BCUT2D eigenvalue weighted by Gasteiger charge is 2.42. The molecule has 1 amide bonds. The van der Waals surface area contributed by atoms with Crippen LogP contribution in [0.15, 0.2) is 30.6 Å². The lowest BCUT2D eigenvalue weighted by Gasteiger charge is -2.47. The lowest BCUT2D eigenvalue weighted by atomic mass is 9.87. The van der Waals surface area contributed by atoms with Crippen molar-refractivity contribution < 1.29 is 40.6 Å². The molecule has 0 unspecified atom stereocenters. The molecule has 3 atom stereocenters.